The number of hydrogen-bond acceptors (Lipinski definition) is 9. The Morgan fingerprint density at radius 1 is 1.13 bits per heavy atom. The highest BCUT2D eigenvalue weighted by atomic mass is 32.2. The summed E-state index contributed by atoms with van der Waals surface area (Å²) in [7, 11) is -7.53. The molecule has 0 amide bonds. The lowest BCUT2D eigenvalue weighted by Crippen LogP contribution is -2.17. The fourth-order valence-electron chi connectivity index (χ4n) is 2.71. The molecule has 13 heteroatoms. The van der Waals surface area contributed by atoms with E-state index < -0.39 is 25.8 Å². The molecule has 31 heavy (non-hydrogen) atoms. The van der Waals surface area contributed by atoms with Crippen LogP contribution in [0.15, 0.2) is 38.2 Å². The Kier molecular flexibility index (Phi) is 6.81. The Bertz CT molecular complexity index is 1340. The number of imidazole rings is 1. The van der Waals surface area contributed by atoms with Crippen LogP contribution < -0.4 is 10.4 Å². The van der Waals surface area contributed by atoms with Crippen molar-refractivity contribution >= 4 is 49.1 Å². The highest BCUT2D eigenvalue weighted by Gasteiger charge is 2.26. The zero-order valence-electron chi connectivity index (χ0n) is 17.2. The van der Waals surface area contributed by atoms with Crippen molar-refractivity contribution in [3.63, 3.8) is 0 Å². The number of benzene rings is 1. The summed E-state index contributed by atoms with van der Waals surface area (Å²) >= 11 is 2.63. The minimum absolute atomic E-state index is 0.0509. The lowest BCUT2D eigenvalue weighted by molar-refractivity contribution is 0.345. The van der Waals surface area contributed by atoms with Gasteiger partial charge in [0.2, 0.25) is 0 Å². The van der Waals surface area contributed by atoms with E-state index in [0.29, 0.717) is 15.6 Å². The van der Waals surface area contributed by atoms with Crippen LogP contribution >= 0.6 is 23.1 Å². The molecule has 0 saturated heterocycles. The zero-order valence-corrected chi connectivity index (χ0v) is 20.5. The van der Waals surface area contributed by atoms with Gasteiger partial charge in [0.15, 0.2) is 5.82 Å². The summed E-state index contributed by atoms with van der Waals surface area (Å²) < 4.78 is 57.2. The van der Waals surface area contributed by atoms with E-state index in [1.165, 1.54) is 39.8 Å². The number of aromatic nitrogens is 2. The maximum absolute atomic E-state index is 12.8. The van der Waals surface area contributed by atoms with E-state index in [1.54, 1.807) is 19.1 Å². The molecule has 0 saturated carbocycles. The van der Waals surface area contributed by atoms with Crippen molar-refractivity contribution in [1.29, 1.82) is 0 Å². The fraction of sp³-hybridized carbons (Fsp3) is 0.333. The van der Waals surface area contributed by atoms with Crippen molar-refractivity contribution in [2.24, 2.45) is 0 Å². The second-order valence-electron chi connectivity index (χ2n) is 6.75. The Labute approximate surface area is 189 Å². The Balaban J connectivity index is 2.00. The van der Waals surface area contributed by atoms with Crippen LogP contribution in [0.3, 0.4) is 0 Å². The molecular weight excluding hydrogens is 482 g/mol. The summed E-state index contributed by atoms with van der Waals surface area (Å²) in [5.74, 6) is 0.210. The van der Waals surface area contributed by atoms with Gasteiger partial charge in [0.05, 0.1) is 22.0 Å². The summed E-state index contributed by atoms with van der Waals surface area (Å²) in [5, 5.41) is 0. The standard InChI is InChI=1S/C18H21N3O6S4/c1-11-5-7-14(8-6-11)31(25,26)20-16-15-17(28-10-9-27-30(4,23)24)29-13(3)12(2)21(15)18(22)19-16/h5-8H,9-10H2,1-4H3,(H,19,20,22). The van der Waals surface area contributed by atoms with Crippen LogP contribution in [0.4, 0.5) is 5.82 Å². The van der Waals surface area contributed by atoms with Crippen LogP contribution in [-0.2, 0) is 24.3 Å². The molecule has 0 aromatic heterocycles. The van der Waals surface area contributed by atoms with Gasteiger partial charge in [-0.1, -0.05) is 17.7 Å². The van der Waals surface area contributed by atoms with E-state index in [1.807, 2.05) is 13.8 Å². The molecule has 0 atom stereocenters. The monoisotopic (exact) mass is 503 g/mol. The van der Waals surface area contributed by atoms with Crippen molar-refractivity contribution in [3.05, 3.63) is 50.9 Å². The van der Waals surface area contributed by atoms with Gasteiger partial charge in [-0.25, -0.2) is 13.2 Å². The summed E-state index contributed by atoms with van der Waals surface area (Å²) in [6.45, 7) is 5.38. The highest BCUT2D eigenvalue weighted by molar-refractivity contribution is 8.01. The van der Waals surface area contributed by atoms with Crippen molar-refractivity contribution in [1.82, 2.24) is 9.55 Å². The van der Waals surface area contributed by atoms with Gasteiger partial charge in [-0.15, -0.1) is 23.1 Å². The Morgan fingerprint density at radius 2 is 1.77 bits per heavy atom. The molecular formula is C18H21N3O6S4. The predicted molar refractivity (Wildman–Crippen MR) is 122 cm³/mol. The molecule has 1 aromatic carbocycles. The van der Waals surface area contributed by atoms with Crippen molar-refractivity contribution in [2.75, 3.05) is 23.3 Å². The normalized spacial score (nSPS) is 12.4. The third-order valence-corrected chi connectivity index (χ3v) is 8.67. The summed E-state index contributed by atoms with van der Waals surface area (Å²) in [5.41, 5.74) is 1.29. The van der Waals surface area contributed by atoms with Gasteiger partial charge in [-0.05, 0) is 32.9 Å². The quantitative estimate of drug-likeness (QED) is 0.282. The number of sulfonamides is 1. The first-order chi connectivity index (χ1) is 14.4. The van der Waals surface area contributed by atoms with E-state index in [4.69, 9.17) is 4.18 Å². The number of thioether (sulfide) groups is 1. The minimum atomic E-state index is -3.97. The van der Waals surface area contributed by atoms with Crippen LogP contribution in [0.2, 0.25) is 0 Å². The summed E-state index contributed by atoms with van der Waals surface area (Å²) in [6, 6.07) is 6.31. The molecule has 2 aliphatic rings. The van der Waals surface area contributed by atoms with Crippen molar-refractivity contribution in [3.8, 4) is 5.69 Å². The first kappa shape index (κ1) is 23.7. The van der Waals surface area contributed by atoms with Gasteiger partial charge in [-0.3, -0.25) is 13.5 Å². The van der Waals surface area contributed by atoms with Gasteiger partial charge in [-0.2, -0.15) is 13.4 Å². The van der Waals surface area contributed by atoms with Crippen LogP contribution in [-0.4, -0.2) is 45.0 Å². The summed E-state index contributed by atoms with van der Waals surface area (Å²) in [6.07, 6.45) is 0.965. The summed E-state index contributed by atoms with van der Waals surface area (Å²) in [4.78, 5) is 17.4. The van der Waals surface area contributed by atoms with Gasteiger partial charge in [0, 0.05) is 16.3 Å². The van der Waals surface area contributed by atoms with Crippen LogP contribution in [0.25, 0.3) is 5.69 Å². The maximum Gasteiger partial charge on any atom is 0.354 e. The number of aryl methyl sites for hydroxylation is 2. The smallest absolute Gasteiger partial charge is 0.269 e. The first-order valence-corrected chi connectivity index (χ1v) is 14.1. The second kappa shape index (κ2) is 8.90. The molecule has 0 fully saturated rings. The van der Waals surface area contributed by atoms with Gasteiger partial charge in [0.1, 0.15) is 5.69 Å². The first-order valence-electron chi connectivity index (χ1n) is 8.98. The van der Waals surface area contributed by atoms with Gasteiger partial charge in [0.25, 0.3) is 20.1 Å². The molecule has 0 unspecified atom stereocenters. The molecule has 9 nitrogen and oxygen atoms in total. The number of nitrogens with zero attached hydrogens (tertiary/aromatic N) is 2. The van der Waals surface area contributed by atoms with E-state index in [-0.39, 0.29) is 23.1 Å². The molecule has 0 aliphatic carbocycles. The number of anilines is 1. The number of fused-ring (bicyclic) bond motifs is 1. The fourth-order valence-corrected chi connectivity index (χ4v) is 6.55. The molecule has 168 valence electrons. The van der Waals surface area contributed by atoms with Crippen molar-refractivity contribution in [2.45, 2.75) is 29.9 Å². The third kappa shape index (κ3) is 5.47. The zero-order chi connectivity index (χ0) is 23.0. The average Bonchev–Trinajstić information content (AvgIpc) is 2.97. The second-order valence-corrected chi connectivity index (χ2v) is 12.7. The Morgan fingerprint density at radius 3 is 2.39 bits per heavy atom. The molecule has 0 bridgehead atoms. The van der Waals surface area contributed by atoms with Crippen LogP contribution in [0.5, 0.6) is 0 Å². The van der Waals surface area contributed by atoms with Gasteiger partial charge >= 0.3 is 5.69 Å². The Hall–Kier alpha value is -1.93. The SMILES string of the molecule is Cc1ccc(S(=O)(=O)Nc2nc(=O)n3c(C)c(C)sc(SCCOS(C)(=O)=O)c2-3)cc1. The van der Waals surface area contributed by atoms with Crippen LogP contribution in [0.1, 0.15) is 16.1 Å². The van der Waals surface area contributed by atoms with E-state index in [0.717, 1.165) is 16.7 Å². The number of hydrogen-bond donors (Lipinski definition) is 1. The van der Waals surface area contributed by atoms with Gasteiger partial charge < -0.3 is 0 Å². The molecule has 0 radical (unpaired) electrons. The highest BCUT2D eigenvalue weighted by Crippen LogP contribution is 2.38. The average molecular weight is 504 g/mol. The third-order valence-electron chi connectivity index (χ3n) is 4.31. The number of rotatable bonds is 8. The topological polar surface area (TPSA) is 124 Å². The molecule has 1 N–H and O–H groups in total. The lowest BCUT2D eigenvalue weighted by Gasteiger charge is -2.16. The molecule has 1 aromatic rings. The molecule has 3 rings (SSSR count). The van der Waals surface area contributed by atoms with E-state index in [9.17, 15) is 21.6 Å². The van der Waals surface area contributed by atoms with Crippen LogP contribution in [0, 0.1) is 20.8 Å². The largest absolute Gasteiger partial charge is 0.354 e. The minimum Gasteiger partial charge on any atom is -0.269 e. The number of nitrogens with one attached hydrogen (secondary N) is 1. The lowest BCUT2D eigenvalue weighted by atomic mass is 10.2. The molecule has 0 spiro atoms. The molecule has 2 aliphatic heterocycles. The van der Waals surface area contributed by atoms with Crippen molar-refractivity contribution < 1.29 is 21.0 Å². The maximum atomic E-state index is 12.8. The van der Waals surface area contributed by atoms with E-state index in [2.05, 4.69) is 9.71 Å². The molecule has 2 heterocycles. The predicted octanol–water partition coefficient (Wildman–Crippen LogP) is 2.53. The van der Waals surface area contributed by atoms with E-state index >= 15 is 0 Å².